The topological polar surface area (TPSA) is 15.3 Å². The Balaban J connectivity index is 2.07. The molecule has 2 nitrogen and oxygen atoms in total. The minimum absolute atomic E-state index is 0.276. The summed E-state index contributed by atoms with van der Waals surface area (Å²) in [5.41, 5.74) is 0.997. The molecule has 4 heteroatoms. The first-order valence-electron chi connectivity index (χ1n) is 5.55. The van der Waals surface area contributed by atoms with Crippen molar-refractivity contribution in [2.75, 3.05) is 19.6 Å². The van der Waals surface area contributed by atoms with Gasteiger partial charge < -0.3 is 5.32 Å². The average Bonchev–Trinajstić information content (AvgIpc) is 2.25. The van der Waals surface area contributed by atoms with Crippen LogP contribution in [0.25, 0.3) is 0 Å². The van der Waals surface area contributed by atoms with Gasteiger partial charge in [-0.1, -0.05) is 17.7 Å². The number of piperazine rings is 1. The quantitative estimate of drug-likeness (QED) is 0.856. The molecule has 1 aliphatic heterocycles. The van der Waals surface area contributed by atoms with Gasteiger partial charge in [-0.2, -0.15) is 0 Å². The van der Waals surface area contributed by atoms with Crippen molar-refractivity contribution in [2.45, 2.75) is 19.5 Å². The summed E-state index contributed by atoms with van der Waals surface area (Å²) >= 11 is 6.01. The largest absolute Gasteiger partial charge is 0.314 e. The number of hydrogen-bond acceptors (Lipinski definition) is 2. The van der Waals surface area contributed by atoms with Gasteiger partial charge in [0.1, 0.15) is 5.82 Å². The van der Waals surface area contributed by atoms with Crippen molar-refractivity contribution in [2.24, 2.45) is 0 Å². The molecule has 0 unspecified atom stereocenters. The molecular weight excluding hydrogens is 227 g/mol. The lowest BCUT2D eigenvalue weighted by Crippen LogP contribution is -2.49. The maximum atomic E-state index is 12.9. The average molecular weight is 243 g/mol. The Hall–Kier alpha value is -0.640. The number of nitrogens with one attached hydrogen (secondary N) is 1. The second kappa shape index (κ2) is 5.13. The molecule has 1 atom stereocenters. The fourth-order valence-corrected chi connectivity index (χ4v) is 2.21. The van der Waals surface area contributed by atoms with Crippen LogP contribution >= 0.6 is 11.6 Å². The Morgan fingerprint density at radius 2 is 2.38 bits per heavy atom. The highest BCUT2D eigenvalue weighted by atomic mass is 35.5. The molecule has 1 aromatic rings. The number of rotatable bonds is 2. The van der Waals surface area contributed by atoms with E-state index < -0.39 is 0 Å². The Kier molecular flexibility index (Phi) is 3.79. The van der Waals surface area contributed by atoms with Crippen LogP contribution < -0.4 is 5.32 Å². The van der Waals surface area contributed by atoms with E-state index in [0.717, 1.165) is 31.7 Å². The number of benzene rings is 1. The Labute approximate surface area is 100 Å². The highest BCUT2D eigenvalue weighted by Crippen LogP contribution is 2.20. The van der Waals surface area contributed by atoms with Crippen molar-refractivity contribution in [1.82, 2.24) is 10.2 Å². The maximum absolute atomic E-state index is 12.9. The van der Waals surface area contributed by atoms with Crippen LogP contribution in [-0.2, 0) is 6.54 Å². The predicted octanol–water partition coefficient (Wildman–Crippen LogP) is 2.27. The molecule has 0 saturated carbocycles. The fraction of sp³-hybridized carbons (Fsp3) is 0.500. The number of nitrogens with zero attached hydrogens (tertiary/aromatic N) is 1. The molecule has 1 aromatic carbocycles. The van der Waals surface area contributed by atoms with E-state index >= 15 is 0 Å². The molecule has 16 heavy (non-hydrogen) atoms. The Bertz CT molecular complexity index is 370. The van der Waals surface area contributed by atoms with Gasteiger partial charge in [0.15, 0.2) is 0 Å². The van der Waals surface area contributed by atoms with Gasteiger partial charge in [-0.15, -0.1) is 0 Å². The molecule has 88 valence electrons. The van der Waals surface area contributed by atoms with E-state index in [-0.39, 0.29) is 5.82 Å². The molecule has 0 aromatic heterocycles. The number of halogens is 2. The van der Waals surface area contributed by atoms with Crippen LogP contribution in [0.15, 0.2) is 18.2 Å². The highest BCUT2D eigenvalue weighted by Gasteiger charge is 2.18. The number of hydrogen-bond donors (Lipinski definition) is 1. The normalized spacial score (nSPS) is 22.3. The summed E-state index contributed by atoms with van der Waals surface area (Å²) < 4.78 is 12.9. The van der Waals surface area contributed by atoms with E-state index in [1.54, 1.807) is 6.07 Å². The summed E-state index contributed by atoms with van der Waals surface area (Å²) in [5.74, 6) is -0.276. The molecule has 1 saturated heterocycles. The van der Waals surface area contributed by atoms with Crippen LogP contribution in [0.4, 0.5) is 4.39 Å². The van der Waals surface area contributed by atoms with E-state index in [0.29, 0.717) is 11.1 Å². The minimum atomic E-state index is -0.276. The van der Waals surface area contributed by atoms with Gasteiger partial charge in [0, 0.05) is 37.2 Å². The predicted molar refractivity (Wildman–Crippen MR) is 64.2 cm³/mol. The molecule has 0 spiro atoms. The first-order chi connectivity index (χ1) is 7.66. The molecular formula is C12H16ClFN2. The summed E-state index contributed by atoms with van der Waals surface area (Å²) in [5, 5.41) is 3.86. The molecule has 1 heterocycles. The highest BCUT2D eigenvalue weighted by molar-refractivity contribution is 6.31. The van der Waals surface area contributed by atoms with Crippen LogP contribution in [0, 0.1) is 5.82 Å². The third-order valence-electron chi connectivity index (χ3n) is 3.03. The van der Waals surface area contributed by atoms with Crippen LogP contribution in [0.1, 0.15) is 12.5 Å². The van der Waals surface area contributed by atoms with Crippen LogP contribution in [0.2, 0.25) is 5.02 Å². The molecule has 1 N–H and O–H groups in total. The zero-order valence-corrected chi connectivity index (χ0v) is 10.1. The van der Waals surface area contributed by atoms with Crippen molar-refractivity contribution in [3.63, 3.8) is 0 Å². The minimum Gasteiger partial charge on any atom is -0.314 e. The van der Waals surface area contributed by atoms with E-state index in [2.05, 4.69) is 17.1 Å². The lowest BCUT2D eigenvalue weighted by molar-refractivity contribution is 0.165. The zero-order valence-electron chi connectivity index (χ0n) is 9.34. The molecule has 0 bridgehead atoms. The van der Waals surface area contributed by atoms with Gasteiger partial charge >= 0.3 is 0 Å². The zero-order chi connectivity index (χ0) is 11.5. The van der Waals surface area contributed by atoms with E-state index in [4.69, 9.17) is 11.6 Å². The molecule has 0 aliphatic carbocycles. The fourth-order valence-electron chi connectivity index (χ4n) is 1.99. The summed E-state index contributed by atoms with van der Waals surface area (Å²) in [6.07, 6.45) is 0. The van der Waals surface area contributed by atoms with Crippen molar-refractivity contribution < 1.29 is 4.39 Å². The first-order valence-corrected chi connectivity index (χ1v) is 5.93. The standard InChI is InChI=1S/C12H16ClFN2/c1-9-7-15-4-5-16(9)8-10-2-3-11(14)6-12(10)13/h2-3,6,9,15H,4-5,7-8H2,1H3/t9-/m0/s1. The van der Waals surface area contributed by atoms with Crippen molar-refractivity contribution in [3.05, 3.63) is 34.6 Å². The Morgan fingerprint density at radius 3 is 3.06 bits per heavy atom. The second-order valence-electron chi connectivity index (χ2n) is 4.26. The molecule has 0 amide bonds. The smallest absolute Gasteiger partial charge is 0.124 e. The van der Waals surface area contributed by atoms with Crippen LogP contribution in [0.3, 0.4) is 0 Å². The first kappa shape index (κ1) is 11.8. The summed E-state index contributed by atoms with van der Waals surface area (Å²) in [7, 11) is 0. The molecule has 2 rings (SSSR count). The maximum Gasteiger partial charge on any atom is 0.124 e. The molecule has 0 radical (unpaired) electrons. The lowest BCUT2D eigenvalue weighted by Gasteiger charge is -2.34. The van der Waals surface area contributed by atoms with Gasteiger partial charge in [0.05, 0.1) is 0 Å². The summed E-state index contributed by atoms with van der Waals surface area (Å²) in [6, 6.07) is 5.11. The van der Waals surface area contributed by atoms with Crippen molar-refractivity contribution >= 4 is 11.6 Å². The Morgan fingerprint density at radius 1 is 1.56 bits per heavy atom. The van der Waals surface area contributed by atoms with Gasteiger partial charge in [-0.3, -0.25) is 4.90 Å². The van der Waals surface area contributed by atoms with E-state index in [1.165, 1.54) is 12.1 Å². The summed E-state index contributed by atoms with van der Waals surface area (Å²) in [4.78, 5) is 2.36. The van der Waals surface area contributed by atoms with Gasteiger partial charge in [0.2, 0.25) is 0 Å². The molecule has 1 aliphatic rings. The van der Waals surface area contributed by atoms with Crippen molar-refractivity contribution in [1.29, 1.82) is 0 Å². The SMILES string of the molecule is C[C@H]1CNCCN1Cc1ccc(F)cc1Cl. The lowest BCUT2D eigenvalue weighted by atomic mass is 10.1. The third-order valence-corrected chi connectivity index (χ3v) is 3.38. The van der Waals surface area contributed by atoms with Crippen LogP contribution in [0.5, 0.6) is 0 Å². The van der Waals surface area contributed by atoms with Gasteiger partial charge in [0.25, 0.3) is 0 Å². The van der Waals surface area contributed by atoms with Gasteiger partial charge in [-0.25, -0.2) is 4.39 Å². The third kappa shape index (κ3) is 2.73. The molecule has 1 fully saturated rings. The monoisotopic (exact) mass is 242 g/mol. The van der Waals surface area contributed by atoms with E-state index in [9.17, 15) is 4.39 Å². The second-order valence-corrected chi connectivity index (χ2v) is 4.67. The van der Waals surface area contributed by atoms with Crippen LogP contribution in [-0.4, -0.2) is 30.6 Å². The van der Waals surface area contributed by atoms with E-state index in [1.807, 2.05) is 0 Å². The summed E-state index contributed by atoms with van der Waals surface area (Å²) in [6.45, 7) is 5.99. The van der Waals surface area contributed by atoms with Crippen molar-refractivity contribution in [3.8, 4) is 0 Å². The van der Waals surface area contributed by atoms with Gasteiger partial charge in [-0.05, 0) is 24.6 Å².